The van der Waals surface area contributed by atoms with Gasteiger partial charge in [-0.3, -0.25) is 4.79 Å². The summed E-state index contributed by atoms with van der Waals surface area (Å²) in [6, 6.07) is 8.13. The zero-order valence-electron chi connectivity index (χ0n) is 9.92. The summed E-state index contributed by atoms with van der Waals surface area (Å²) in [6.07, 6.45) is 1.91. The topological polar surface area (TPSA) is 29.1 Å². The lowest BCUT2D eigenvalue weighted by Gasteiger charge is -2.17. The summed E-state index contributed by atoms with van der Waals surface area (Å²) in [7, 11) is 0. The van der Waals surface area contributed by atoms with Crippen LogP contribution in [0.15, 0.2) is 36.4 Å². The minimum Gasteiger partial charge on any atom is -0.352 e. The molecule has 1 amide bonds. The lowest BCUT2D eigenvalue weighted by molar-refractivity contribution is -0.123. The normalized spacial score (nSPS) is 16.4. The van der Waals surface area contributed by atoms with Gasteiger partial charge in [0.2, 0.25) is 5.91 Å². The van der Waals surface area contributed by atoms with Crippen LogP contribution < -0.4 is 5.32 Å². The van der Waals surface area contributed by atoms with E-state index in [0.717, 1.165) is 18.4 Å². The Morgan fingerprint density at radius 3 is 2.65 bits per heavy atom. The third kappa shape index (κ3) is 2.54. The number of amides is 1. The molecule has 0 unspecified atom stereocenters. The molecule has 1 aliphatic rings. The van der Waals surface area contributed by atoms with Crippen LogP contribution in [-0.2, 0) is 10.2 Å². The molecule has 1 aromatic carbocycles. The van der Waals surface area contributed by atoms with Gasteiger partial charge in [-0.15, -0.1) is 0 Å². The first-order valence-electron chi connectivity index (χ1n) is 5.74. The molecular weight excluding hydrogens is 325 g/mol. The average Bonchev–Trinajstić information content (AvgIpc) is 3.07. The second-order valence-corrected chi connectivity index (χ2v) is 5.86. The van der Waals surface area contributed by atoms with Crippen molar-refractivity contribution >= 4 is 28.5 Å². The summed E-state index contributed by atoms with van der Waals surface area (Å²) in [4.78, 5) is 12.2. The molecule has 17 heavy (non-hydrogen) atoms. The fourth-order valence-corrected chi connectivity index (χ4v) is 2.90. The number of hydrogen-bond donors (Lipinski definition) is 1. The van der Waals surface area contributed by atoms with Gasteiger partial charge >= 0.3 is 0 Å². The van der Waals surface area contributed by atoms with E-state index in [1.807, 2.05) is 19.1 Å². The van der Waals surface area contributed by atoms with Gasteiger partial charge in [-0.05, 0) is 54.0 Å². The van der Waals surface area contributed by atoms with E-state index in [2.05, 4.69) is 46.6 Å². The summed E-state index contributed by atoms with van der Waals surface area (Å²) in [5.74, 6) is 0.143. The van der Waals surface area contributed by atoms with Crippen LogP contribution in [0.25, 0.3) is 0 Å². The third-order valence-electron chi connectivity index (χ3n) is 3.12. The van der Waals surface area contributed by atoms with Crippen molar-refractivity contribution < 1.29 is 4.79 Å². The molecule has 0 aliphatic heterocycles. The minimum atomic E-state index is -0.271. The summed E-state index contributed by atoms with van der Waals surface area (Å²) < 4.78 is 1.17. The Morgan fingerprint density at radius 1 is 1.47 bits per heavy atom. The Hall–Kier alpha value is -0.840. The average molecular weight is 341 g/mol. The molecule has 1 aromatic rings. The molecule has 2 nitrogen and oxygen atoms in total. The SMILES string of the molecule is C=C(C)CNC(=O)C1(c2ccccc2I)CC1. The molecule has 1 fully saturated rings. The molecule has 1 saturated carbocycles. The van der Waals surface area contributed by atoms with Gasteiger partial charge in [0.05, 0.1) is 5.41 Å². The number of carbonyl (C=O) groups excluding carboxylic acids is 1. The molecule has 0 heterocycles. The fourth-order valence-electron chi connectivity index (χ4n) is 1.99. The van der Waals surface area contributed by atoms with E-state index in [1.165, 1.54) is 9.13 Å². The smallest absolute Gasteiger partial charge is 0.230 e. The maximum atomic E-state index is 12.2. The van der Waals surface area contributed by atoms with Gasteiger partial charge in [0.15, 0.2) is 0 Å². The van der Waals surface area contributed by atoms with E-state index < -0.39 is 0 Å². The molecule has 3 heteroatoms. The van der Waals surface area contributed by atoms with Crippen LogP contribution in [0, 0.1) is 3.57 Å². The van der Waals surface area contributed by atoms with Gasteiger partial charge in [0.25, 0.3) is 0 Å². The molecule has 0 atom stereocenters. The lowest BCUT2D eigenvalue weighted by Crippen LogP contribution is -2.36. The molecular formula is C14H16INO. The highest BCUT2D eigenvalue weighted by Crippen LogP contribution is 2.49. The Labute approximate surface area is 116 Å². The van der Waals surface area contributed by atoms with Crippen molar-refractivity contribution in [3.63, 3.8) is 0 Å². The van der Waals surface area contributed by atoms with Crippen molar-refractivity contribution in [1.82, 2.24) is 5.32 Å². The molecule has 90 valence electrons. The van der Waals surface area contributed by atoms with E-state index in [9.17, 15) is 4.79 Å². The Morgan fingerprint density at radius 2 is 2.12 bits per heavy atom. The molecule has 1 aliphatic carbocycles. The highest BCUT2D eigenvalue weighted by Gasteiger charge is 2.51. The molecule has 0 bridgehead atoms. The Bertz CT molecular complexity index is 463. The van der Waals surface area contributed by atoms with Crippen LogP contribution >= 0.6 is 22.6 Å². The van der Waals surface area contributed by atoms with Crippen molar-refractivity contribution in [3.05, 3.63) is 45.6 Å². The number of rotatable bonds is 4. The fraction of sp³-hybridized carbons (Fsp3) is 0.357. The minimum absolute atomic E-state index is 0.143. The van der Waals surface area contributed by atoms with Crippen LogP contribution in [0.2, 0.25) is 0 Å². The number of halogens is 1. The van der Waals surface area contributed by atoms with Crippen molar-refractivity contribution in [2.75, 3.05) is 6.54 Å². The molecule has 1 N–H and O–H groups in total. The molecule has 2 rings (SSSR count). The van der Waals surface area contributed by atoms with Crippen molar-refractivity contribution in [2.45, 2.75) is 25.2 Å². The standard InChI is InChI=1S/C14H16INO/c1-10(2)9-16-13(17)14(7-8-14)11-5-3-4-6-12(11)15/h3-6H,1,7-9H2,2H3,(H,16,17). The summed E-state index contributed by atoms with van der Waals surface area (Å²) in [5.41, 5.74) is 1.88. The number of carbonyl (C=O) groups is 1. The van der Waals surface area contributed by atoms with Crippen LogP contribution in [0.5, 0.6) is 0 Å². The first-order valence-corrected chi connectivity index (χ1v) is 6.82. The van der Waals surface area contributed by atoms with E-state index >= 15 is 0 Å². The van der Waals surface area contributed by atoms with Crippen LogP contribution in [0.3, 0.4) is 0 Å². The number of hydrogen-bond acceptors (Lipinski definition) is 1. The van der Waals surface area contributed by atoms with Gasteiger partial charge < -0.3 is 5.32 Å². The van der Waals surface area contributed by atoms with Crippen LogP contribution in [0.4, 0.5) is 0 Å². The number of nitrogens with one attached hydrogen (secondary N) is 1. The lowest BCUT2D eigenvalue weighted by atomic mass is 9.95. The largest absolute Gasteiger partial charge is 0.352 e. The van der Waals surface area contributed by atoms with Crippen molar-refractivity contribution in [1.29, 1.82) is 0 Å². The second-order valence-electron chi connectivity index (χ2n) is 4.70. The van der Waals surface area contributed by atoms with E-state index in [1.54, 1.807) is 0 Å². The second kappa shape index (κ2) is 4.80. The van der Waals surface area contributed by atoms with Crippen LogP contribution in [0.1, 0.15) is 25.3 Å². The van der Waals surface area contributed by atoms with Gasteiger partial charge in [0.1, 0.15) is 0 Å². The molecule has 0 spiro atoms. The molecule has 0 saturated heterocycles. The first kappa shape index (κ1) is 12.6. The maximum absolute atomic E-state index is 12.2. The monoisotopic (exact) mass is 341 g/mol. The molecule has 0 aromatic heterocycles. The van der Waals surface area contributed by atoms with Gasteiger partial charge in [-0.1, -0.05) is 30.4 Å². The highest BCUT2D eigenvalue weighted by atomic mass is 127. The van der Waals surface area contributed by atoms with Gasteiger partial charge in [-0.2, -0.15) is 0 Å². The van der Waals surface area contributed by atoms with Crippen LogP contribution in [-0.4, -0.2) is 12.5 Å². The Balaban J connectivity index is 2.17. The van der Waals surface area contributed by atoms with E-state index in [4.69, 9.17) is 0 Å². The summed E-state index contributed by atoms with van der Waals surface area (Å²) in [5, 5.41) is 2.97. The predicted molar refractivity (Wildman–Crippen MR) is 77.9 cm³/mol. The van der Waals surface area contributed by atoms with E-state index in [-0.39, 0.29) is 11.3 Å². The van der Waals surface area contributed by atoms with E-state index in [0.29, 0.717) is 6.54 Å². The van der Waals surface area contributed by atoms with Gasteiger partial charge in [-0.25, -0.2) is 0 Å². The van der Waals surface area contributed by atoms with Crippen molar-refractivity contribution in [3.8, 4) is 0 Å². The zero-order valence-corrected chi connectivity index (χ0v) is 12.1. The maximum Gasteiger partial charge on any atom is 0.230 e. The zero-order chi connectivity index (χ0) is 12.5. The summed E-state index contributed by atoms with van der Waals surface area (Å²) in [6.45, 7) is 6.30. The Kier molecular flexibility index (Phi) is 3.56. The quantitative estimate of drug-likeness (QED) is 0.662. The molecule has 0 radical (unpaired) electrons. The predicted octanol–water partition coefficient (Wildman–Crippen LogP) is 3.02. The van der Waals surface area contributed by atoms with Gasteiger partial charge in [0, 0.05) is 10.1 Å². The third-order valence-corrected chi connectivity index (χ3v) is 4.07. The number of benzene rings is 1. The summed E-state index contributed by atoms with van der Waals surface area (Å²) >= 11 is 2.30. The first-order chi connectivity index (χ1) is 8.06. The highest BCUT2D eigenvalue weighted by molar-refractivity contribution is 14.1. The van der Waals surface area contributed by atoms with Crippen molar-refractivity contribution in [2.24, 2.45) is 0 Å².